The number of carbonyl (C=O) groups is 2. The number of nitrogens with one attached hydrogen (secondary N) is 3. The number of para-hydroxylation sites is 1. The average molecular weight is 433 g/mol. The Morgan fingerprint density at radius 3 is 2.48 bits per heavy atom. The van der Waals surface area contributed by atoms with Gasteiger partial charge in [-0.1, -0.05) is 35.3 Å². The highest BCUT2D eigenvalue weighted by Gasteiger charge is 2.26. The molecule has 2 heterocycles. The Labute approximate surface area is 177 Å². The van der Waals surface area contributed by atoms with Gasteiger partial charge >= 0.3 is 6.03 Å². The molecule has 1 atom stereocenters. The van der Waals surface area contributed by atoms with Gasteiger partial charge in [-0.05, 0) is 42.5 Å². The molecule has 1 aliphatic heterocycles. The van der Waals surface area contributed by atoms with E-state index in [1.165, 1.54) is 0 Å². The Hall–Kier alpha value is -3.00. The van der Waals surface area contributed by atoms with Crippen molar-refractivity contribution in [1.82, 2.24) is 5.43 Å². The number of ketones is 1. The first-order valence-electron chi connectivity index (χ1n) is 8.62. The summed E-state index contributed by atoms with van der Waals surface area (Å²) in [6.45, 7) is 0. The zero-order valence-electron chi connectivity index (χ0n) is 15.1. The molecule has 29 heavy (non-hydrogen) atoms. The minimum absolute atomic E-state index is 0.0441. The molecule has 1 aromatic heterocycles. The normalized spacial score (nSPS) is 14.7. The fraction of sp³-hybridized carbons (Fsp3) is 0.100. The molecule has 7 nitrogen and oxygen atoms in total. The Balaban J connectivity index is 0.000000170. The fourth-order valence-electron chi connectivity index (χ4n) is 2.84. The molecule has 1 aliphatic rings. The van der Waals surface area contributed by atoms with Crippen molar-refractivity contribution in [2.45, 2.75) is 12.5 Å². The Morgan fingerprint density at radius 2 is 1.83 bits per heavy atom. The van der Waals surface area contributed by atoms with Crippen LogP contribution in [0.15, 0.2) is 65.3 Å². The van der Waals surface area contributed by atoms with Crippen LogP contribution in [0.2, 0.25) is 10.0 Å². The number of nitrogens with two attached hydrogens (primary N) is 1. The van der Waals surface area contributed by atoms with Crippen LogP contribution in [0.3, 0.4) is 0 Å². The highest BCUT2D eigenvalue weighted by molar-refractivity contribution is 6.35. The van der Waals surface area contributed by atoms with Crippen LogP contribution >= 0.6 is 23.2 Å². The van der Waals surface area contributed by atoms with Gasteiger partial charge in [-0.25, -0.2) is 10.6 Å². The maximum Gasteiger partial charge on any atom is 0.333 e. The van der Waals surface area contributed by atoms with Crippen molar-refractivity contribution in [2.75, 3.05) is 10.6 Å². The quantitative estimate of drug-likeness (QED) is 0.258. The summed E-state index contributed by atoms with van der Waals surface area (Å²) in [4.78, 5) is 22.7. The van der Waals surface area contributed by atoms with E-state index in [2.05, 4.69) is 10.6 Å². The molecule has 0 saturated heterocycles. The number of urea groups is 1. The standard InChI is InChI=1S/C13H11NO2.C7H7Cl2N3O/c15-12-8-11(13-6-3-7-16-13)14-10-5-2-1-4-9(10)12;8-4-1-5(9)3-6(2-4)11-7(13)12-10/h1-7,11,14H,8H2;1-3H,10H2,(H2,11,12,13). The van der Waals surface area contributed by atoms with E-state index in [9.17, 15) is 9.59 Å². The zero-order valence-corrected chi connectivity index (χ0v) is 16.6. The molecule has 1 unspecified atom stereocenters. The number of halogens is 2. The van der Waals surface area contributed by atoms with Crippen LogP contribution < -0.4 is 21.9 Å². The first kappa shape index (κ1) is 20.7. The van der Waals surface area contributed by atoms with E-state index >= 15 is 0 Å². The summed E-state index contributed by atoms with van der Waals surface area (Å²) in [5, 5.41) is 6.63. The number of amides is 2. The molecule has 4 rings (SSSR count). The molecule has 0 fully saturated rings. The Bertz CT molecular complexity index is 988. The van der Waals surface area contributed by atoms with Gasteiger partial charge in [0.2, 0.25) is 0 Å². The summed E-state index contributed by atoms with van der Waals surface area (Å²) in [7, 11) is 0. The summed E-state index contributed by atoms with van der Waals surface area (Å²) in [6.07, 6.45) is 2.08. The van der Waals surface area contributed by atoms with Crippen LogP contribution in [-0.4, -0.2) is 11.8 Å². The van der Waals surface area contributed by atoms with Crippen molar-refractivity contribution in [1.29, 1.82) is 0 Å². The van der Waals surface area contributed by atoms with Crippen molar-refractivity contribution in [3.05, 3.63) is 82.2 Å². The predicted molar refractivity (Wildman–Crippen MR) is 113 cm³/mol. The molecule has 0 bridgehead atoms. The number of fused-ring (bicyclic) bond motifs is 1. The fourth-order valence-corrected chi connectivity index (χ4v) is 3.37. The molecule has 2 aromatic carbocycles. The smallest absolute Gasteiger partial charge is 0.333 e. The maximum absolute atomic E-state index is 11.9. The van der Waals surface area contributed by atoms with Gasteiger partial charge in [0.15, 0.2) is 5.78 Å². The largest absolute Gasteiger partial charge is 0.467 e. The van der Waals surface area contributed by atoms with Gasteiger partial charge < -0.3 is 15.1 Å². The van der Waals surface area contributed by atoms with Crippen LogP contribution in [-0.2, 0) is 0 Å². The predicted octanol–water partition coefficient (Wildman–Crippen LogP) is 5.01. The second-order valence-electron chi connectivity index (χ2n) is 6.14. The van der Waals surface area contributed by atoms with Crippen molar-refractivity contribution in [2.24, 2.45) is 5.84 Å². The first-order valence-corrected chi connectivity index (χ1v) is 9.37. The second kappa shape index (κ2) is 9.47. The highest BCUT2D eigenvalue weighted by Crippen LogP contribution is 2.32. The van der Waals surface area contributed by atoms with E-state index in [-0.39, 0.29) is 11.8 Å². The topological polar surface area (TPSA) is 109 Å². The minimum Gasteiger partial charge on any atom is -0.467 e. The number of anilines is 2. The number of carbonyl (C=O) groups excluding carboxylic acids is 2. The second-order valence-corrected chi connectivity index (χ2v) is 7.01. The Morgan fingerprint density at radius 1 is 1.10 bits per heavy atom. The van der Waals surface area contributed by atoms with Crippen LogP contribution in [0.1, 0.15) is 28.6 Å². The lowest BCUT2D eigenvalue weighted by Crippen LogP contribution is -2.34. The summed E-state index contributed by atoms with van der Waals surface area (Å²) >= 11 is 11.4. The van der Waals surface area contributed by atoms with Crippen molar-refractivity contribution in [3.8, 4) is 0 Å². The molecule has 9 heteroatoms. The molecular weight excluding hydrogens is 415 g/mol. The molecule has 150 valence electrons. The van der Waals surface area contributed by atoms with Gasteiger partial charge in [-0.15, -0.1) is 0 Å². The number of benzene rings is 2. The lowest BCUT2D eigenvalue weighted by Gasteiger charge is -2.24. The van der Waals surface area contributed by atoms with Crippen molar-refractivity contribution < 1.29 is 14.0 Å². The number of Topliss-reactive ketones (excluding diaryl/α,β-unsaturated/α-hetero) is 1. The van der Waals surface area contributed by atoms with Crippen LogP contribution in [0.4, 0.5) is 16.2 Å². The molecule has 0 aliphatic carbocycles. The third kappa shape index (κ3) is 5.51. The van der Waals surface area contributed by atoms with E-state index in [0.717, 1.165) is 17.0 Å². The molecule has 2 amide bonds. The lowest BCUT2D eigenvalue weighted by atomic mass is 9.95. The van der Waals surface area contributed by atoms with Crippen LogP contribution in [0.5, 0.6) is 0 Å². The Kier molecular flexibility index (Phi) is 6.77. The SMILES string of the molecule is NNC(=O)Nc1cc(Cl)cc(Cl)c1.O=C1CC(c2ccco2)Nc2ccccc21. The van der Waals surface area contributed by atoms with Crippen molar-refractivity contribution in [3.63, 3.8) is 0 Å². The van der Waals surface area contributed by atoms with E-state index in [1.807, 2.05) is 41.8 Å². The summed E-state index contributed by atoms with van der Waals surface area (Å²) in [5.41, 5.74) is 4.06. The molecule has 0 radical (unpaired) electrons. The number of rotatable bonds is 2. The number of hydrogen-bond donors (Lipinski definition) is 4. The monoisotopic (exact) mass is 432 g/mol. The van der Waals surface area contributed by atoms with Gasteiger partial charge in [0, 0.05) is 33.4 Å². The molecular formula is C20H18Cl2N4O3. The average Bonchev–Trinajstić information content (AvgIpc) is 3.22. The third-order valence-corrected chi connectivity index (χ3v) is 4.52. The van der Waals surface area contributed by atoms with E-state index in [0.29, 0.717) is 22.2 Å². The first-order chi connectivity index (χ1) is 14.0. The number of hydrazine groups is 1. The van der Waals surface area contributed by atoms with E-state index in [4.69, 9.17) is 33.5 Å². The summed E-state index contributed by atoms with van der Waals surface area (Å²) in [6, 6.07) is 15.4. The molecule has 0 spiro atoms. The molecule has 3 aromatic rings. The minimum atomic E-state index is -0.529. The third-order valence-electron chi connectivity index (χ3n) is 4.08. The lowest BCUT2D eigenvalue weighted by molar-refractivity contribution is 0.0969. The number of furan rings is 1. The van der Waals surface area contributed by atoms with E-state index in [1.54, 1.807) is 24.5 Å². The highest BCUT2D eigenvalue weighted by atomic mass is 35.5. The summed E-state index contributed by atoms with van der Waals surface area (Å²) < 4.78 is 5.32. The molecule has 5 N–H and O–H groups in total. The van der Waals surface area contributed by atoms with Gasteiger partial charge in [-0.3, -0.25) is 10.2 Å². The van der Waals surface area contributed by atoms with E-state index < -0.39 is 6.03 Å². The van der Waals surface area contributed by atoms with Crippen molar-refractivity contribution >= 4 is 46.4 Å². The van der Waals surface area contributed by atoms with Crippen LogP contribution in [0.25, 0.3) is 0 Å². The van der Waals surface area contributed by atoms with Crippen LogP contribution in [0, 0.1) is 0 Å². The summed E-state index contributed by atoms with van der Waals surface area (Å²) in [5.74, 6) is 5.84. The van der Waals surface area contributed by atoms with Gasteiger partial charge in [0.1, 0.15) is 5.76 Å². The molecule has 0 saturated carbocycles. The number of hydrogen-bond acceptors (Lipinski definition) is 5. The van der Waals surface area contributed by atoms with Gasteiger partial charge in [0.05, 0.1) is 12.3 Å². The van der Waals surface area contributed by atoms with Gasteiger partial charge in [-0.2, -0.15) is 0 Å². The van der Waals surface area contributed by atoms with Gasteiger partial charge in [0.25, 0.3) is 0 Å². The maximum atomic E-state index is 11.9. The zero-order chi connectivity index (χ0) is 20.8.